The van der Waals surface area contributed by atoms with Crippen LogP contribution in [0, 0.1) is 0 Å². The third-order valence-corrected chi connectivity index (χ3v) is 2.67. The lowest BCUT2D eigenvalue weighted by molar-refractivity contribution is -0.145. The van der Waals surface area contributed by atoms with E-state index in [1.54, 1.807) is 4.90 Å². The molecule has 0 spiro atoms. The summed E-state index contributed by atoms with van der Waals surface area (Å²) in [6.45, 7) is 6.67. The van der Waals surface area contributed by atoms with Gasteiger partial charge in [0, 0.05) is 6.54 Å². The molecule has 1 unspecified atom stereocenters. The van der Waals surface area contributed by atoms with E-state index in [4.69, 9.17) is 0 Å². The van der Waals surface area contributed by atoms with Crippen molar-refractivity contribution in [2.75, 3.05) is 13.1 Å². The van der Waals surface area contributed by atoms with Crippen molar-refractivity contribution in [2.45, 2.75) is 39.7 Å². The molecule has 4 nitrogen and oxygen atoms in total. The van der Waals surface area contributed by atoms with E-state index in [2.05, 4.69) is 5.32 Å². The van der Waals surface area contributed by atoms with Gasteiger partial charge in [0.05, 0.1) is 6.54 Å². The fourth-order valence-electron chi connectivity index (χ4n) is 1.77. The maximum atomic E-state index is 11.7. The highest BCUT2D eigenvalue weighted by molar-refractivity contribution is 5.94. The number of carbonyl (C=O) groups is 2. The Morgan fingerprint density at radius 2 is 2.19 bits per heavy atom. The van der Waals surface area contributed by atoms with Gasteiger partial charge in [0.2, 0.25) is 11.8 Å². The van der Waals surface area contributed by atoms with Gasteiger partial charge in [-0.3, -0.25) is 9.59 Å². The molecule has 0 aromatic heterocycles. The van der Waals surface area contributed by atoms with Crippen LogP contribution in [-0.4, -0.2) is 35.8 Å². The smallest absolute Gasteiger partial charge is 0.243 e. The molecular weight excluding hydrogens is 204 g/mol. The molecule has 0 radical (unpaired) electrons. The molecular formula is C12H20N2O2. The SMILES string of the molecule is CCCC1C(=O)NCC(=O)N1CC=C(C)C. The van der Waals surface area contributed by atoms with Crippen molar-refractivity contribution in [1.29, 1.82) is 0 Å². The lowest BCUT2D eigenvalue weighted by Crippen LogP contribution is -2.58. The van der Waals surface area contributed by atoms with Crippen molar-refractivity contribution >= 4 is 11.8 Å². The summed E-state index contributed by atoms with van der Waals surface area (Å²) in [5.41, 5.74) is 1.16. The van der Waals surface area contributed by atoms with Crippen molar-refractivity contribution < 1.29 is 9.59 Å². The first-order chi connectivity index (χ1) is 7.56. The van der Waals surface area contributed by atoms with Gasteiger partial charge in [0.15, 0.2) is 0 Å². The predicted octanol–water partition coefficient (Wildman–Crippen LogP) is 1.08. The minimum atomic E-state index is -0.290. The quantitative estimate of drug-likeness (QED) is 0.726. The second-order valence-corrected chi connectivity index (χ2v) is 4.35. The second kappa shape index (κ2) is 5.68. The van der Waals surface area contributed by atoms with Crippen molar-refractivity contribution in [3.8, 4) is 0 Å². The van der Waals surface area contributed by atoms with Crippen LogP contribution < -0.4 is 5.32 Å². The zero-order valence-corrected chi connectivity index (χ0v) is 10.2. The van der Waals surface area contributed by atoms with E-state index in [0.717, 1.165) is 18.4 Å². The zero-order chi connectivity index (χ0) is 12.1. The summed E-state index contributed by atoms with van der Waals surface area (Å²) in [5.74, 6) is -0.0147. The van der Waals surface area contributed by atoms with Gasteiger partial charge in [-0.15, -0.1) is 0 Å². The highest BCUT2D eigenvalue weighted by atomic mass is 16.2. The molecule has 1 rings (SSSR count). The number of allylic oxidation sites excluding steroid dienone is 1. The first-order valence-electron chi connectivity index (χ1n) is 5.76. The summed E-state index contributed by atoms with van der Waals surface area (Å²) in [6.07, 6.45) is 3.62. The molecule has 0 bridgehead atoms. The monoisotopic (exact) mass is 224 g/mol. The third-order valence-electron chi connectivity index (χ3n) is 2.67. The summed E-state index contributed by atoms with van der Waals surface area (Å²) in [4.78, 5) is 25.1. The van der Waals surface area contributed by atoms with Gasteiger partial charge in [0.25, 0.3) is 0 Å². The van der Waals surface area contributed by atoms with Crippen LogP contribution in [0.3, 0.4) is 0 Å². The Kier molecular flexibility index (Phi) is 4.52. The Bertz CT molecular complexity index is 306. The van der Waals surface area contributed by atoms with Crippen LogP contribution in [0.2, 0.25) is 0 Å². The average molecular weight is 224 g/mol. The minimum absolute atomic E-state index is 0.00977. The highest BCUT2D eigenvalue weighted by Crippen LogP contribution is 2.12. The molecule has 4 heteroatoms. The molecule has 0 aliphatic carbocycles. The highest BCUT2D eigenvalue weighted by Gasteiger charge is 2.32. The molecule has 90 valence electrons. The number of amides is 2. The molecule has 1 saturated heterocycles. The molecule has 16 heavy (non-hydrogen) atoms. The van der Waals surface area contributed by atoms with Gasteiger partial charge in [-0.1, -0.05) is 25.0 Å². The Balaban J connectivity index is 2.76. The first-order valence-corrected chi connectivity index (χ1v) is 5.76. The number of hydrogen-bond donors (Lipinski definition) is 1. The second-order valence-electron chi connectivity index (χ2n) is 4.35. The minimum Gasteiger partial charge on any atom is -0.345 e. The Morgan fingerprint density at radius 3 is 2.75 bits per heavy atom. The van der Waals surface area contributed by atoms with E-state index in [-0.39, 0.29) is 24.4 Å². The summed E-state index contributed by atoms with van der Waals surface area (Å²) < 4.78 is 0. The first kappa shape index (κ1) is 12.7. The van der Waals surface area contributed by atoms with Crippen molar-refractivity contribution in [1.82, 2.24) is 10.2 Å². The van der Waals surface area contributed by atoms with Gasteiger partial charge in [0.1, 0.15) is 6.04 Å². The van der Waals surface area contributed by atoms with Gasteiger partial charge >= 0.3 is 0 Å². The van der Waals surface area contributed by atoms with Crippen LogP contribution >= 0.6 is 0 Å². The van der Waals surface area contributed by atoms with E-state index < -0.39 is 0 Å². The van der Waals surface area contributed by atoms with Crippen LogP contribution in [-0.2, 0) is 9.59 Å². The van der Waals surface area contributed by atoms with Gasteiger partial charge < -0.3 is 10.2 Å². The van der Waals surface area contributed by atoms with E-state index >= 15 is 0 Å². The molecule has 0 saturated carbocycles. The number of carbonyl (C=O) groups excluding carboxylic acids is 2. The average Bonchev–Trinajstić information content (AvgIpc) is 2.22. The summed E-state index contributed by atoms with van der Waals surface area (Å²) >= 11 is 0. The van der Waals surface area contributed by atoms with E-state index in [1.165, 1.54) is 0 Å². The standard InChI is InChI=1S/C12H20N2O2/c1-4-5-10-12(16)13-8-11(15)14(10)7-6-9(2)3/h6,10H,4-5,7-8H2,1-3H3,(H,13,16). The Morgan fingerprint density at radius 1 is 1.50 bits per heavy atom. The predicted molar refractivity (Wildman–Crippen MR) is 62.8 cm³/mol. The number of nitrogens with one attached hydrogen (secondary N) is 1. The summed E-state index contributed by atoms with van der Waals surface area (Å²) in [5, 5.41) is 2.63. The fraction of sp³-hybridized carbons (Fsp3) is 0.667. The van der Waals surface area contributed by atoms with Crippen molar-refractivity contribution in [3.63, 3.8) is 0 Å². The fourth-order valence-corrected chi connectivity index (χ4v) is 1.77. The van der Waals surface area contributed by atoms with E-state index in [0.29, 0.717) is 6.54 Å². The zero-order valence-electron chi connectivity index (χ0n) is 10.2. The molecule has 1 fully saturated rings. The molecule has 1 N–H and O–H groups in total. The number of piperazine rings is 1. The molecule has 1 aliphatic rings. The summed E-state index contributed by atoms with van der Waals surface area (Å²) in [7, 11) is 0. The van der Waals surface area contributed by atoms with Crippen LogP contribution in [0.5, 0.6) is 0 Å². The maximum absolute atomic E-state index is 11.7. The maximum Gasteiger partial charge on any atom is 0.243 e. The van der Waals surface area contributed by atoms with Crippen LogP contribution in [0.4, 0.5) is 0 Å². The lowest BCUT2D eigenvalue weighted by Gasteiger charge is -2.34. The van der Waals surface area contributed by atoms with Gasteiger partial charge in [-0.05, 0) is 20.3 Å². The molecule has 1 aliphatic heterocycles. The lowest BCUT2D eigenvalue weighted by atomic mass is 10.1. The Hall–Kier alpha value is -1.32. The molecule has 0 aromatic rings. The van der Waals surface area contributed by atoms with Crippen LogP contribution in [0.25, 0.3) is 0 Å². The number of rotatable bonds is 4. The van der Waals surface area contributed by atoms with E-state index in [1.807, 2.05) is 26.8 Å². The van der Waals surface area contributed by atoms with Crippen LogP contribution in [0.1, 0.15) is 33.6 Å². The van der Waals surface area contributed by atoms with Crippen molar-refractivity contribution in [3.05, 3.63) is 11.6 Å². The number of nitrogens with zero attached hydrogens (tertiary/aromatic N) is 1. The summed E-state index contributed by atoms with van der Waals surface area (Å²) in [6, 6.07) is -0.290. The van der Waals surface area contributed by atoms with Crippen LogP contribution in [0.15, 0.2) is 11.6 Å². The van der Waals surface area contributed by atoms with Gasteiger partial charge in [-0.25, -0.2) is 0 Å². The largest absolute Gasteiger partial charge is 0.345 e. The number of hydrogen-bond acceptors (Lipinski definition) is 2. The topological polar surface area (TPSA) is 49.4 Å². The third kappa shape index (κ3) is 3.08. The molecule has 0 aromatic carbocycles. The molecule has 2 amide bonds. The Labute approximate surface area is 96.7 Å². The molecule has 1 heterocycles. The van der Waals surface area contributed by atoms with E-state index in [9.17, 15) is 9.59 Å². The van der Waals surface area contributed by atoms with Crippen molar-refractivity contribution in [2.24, 2.45) is 0 Å². The normalized spacial score (nSPS) is 20.7. The molecule has 1 atom stereocenters. The van der Waals surface area contributed by atoms with Gasteiger partial charge in [-0.2, -0.15) is 0 Å².